The second-order valence-electron chi connectivity index (χ2n) is 5.73. The molecule has 2 N–H and O–H groups in total. The number of ether oxygens (including phenoxy) is 1. The summed E-state index contributed by atoms with van der Waals surface area (Å²) >= 11 is 0. The minimum absolute atomic E-state index is 0.00105. The topological polar surface area (TPSA) is 79.4 Å². The van der Waals surface area contributed by atoms with Gasteiger partial charge in [0, 0.05) is 38.6 Å². The van der Waals surface area contributed by atoms with Gasteiger partial charge in [0.2, 0.25) is 5.95 Å². The van der Waals surface area contributed by atoms with Gasteiger partial charge in [-0.15, -0.1) is 0 Å². The van der Waals surface area contributed by atoms with Gasteiger partial charge in [-0.05, 0) is 12.1 Å². The summed E-state index contributed by atoms with van der Waals surface area (Å²) in [6, 6.07) is 3.52. The SMILES string of the molecule is O=C(NCCN1CCOCC1)c1cnc(Nc2c(F)cccc2F)nc1. The molecule has 1 saturated heterocycles. The molecule has 0 unspecified atom stereocenters. The minimum atomic E-state index is -0.751. The van der Waals surface area contributed by atoms with Crippen molar-refractivity contribution in [2.45, 2.75) is 0 Å². The number of halogens is 2. The van der Waals surface area contributed by atoms with Gasteiger partial charge >= 0.3 is 0 Å². The van der Waals surface area contributed by atoms with E-state index in [2.05, 4.69) is 25.5 Å². The first kappa shape index (κ1) is 18.2. The van der Waals surface area contributed by atoms with Gasteiger partial charge in [-0.2, -0.15) is 0 Å². The van der Waals surface area contributed by atoms with Gasteiger partial charge in [-0.1, -0.05) is 6.07 Å². The van der Waals surface area contributed by atoms with Crippen molar-refractivity contribution < 1.29 is 18.3 Å². The molecule has 1 aliphatic heterocycles. The van der Waals surface area contributed by atoms with E-state index in [0.717, 1.165) is 31.8 Å². The molecule has 1 aliphatic rings. The lowest BCUT2D eigenvalue weighted by Gasteiger charge is -2.26. The van der Waals surface area contributed by atoms with Crippen molar-refractivity contribution in [2.75, 3.05) is 44.7 Å². The fourth-order valence-corrected chi connectivity index (χ4v) is 2.49. The number of amides is 1. The standard InChI is InChI=1S/C17H19F2N5O2/c18-13-2-1-3-14(19)15(13)23-17-21-10-12(11-22-17)16(25)20-4-5-24-6-8-26-9-7-24/h1-3,10-11H,4-9H2,(H,20,25)(H,21,22,23). The van der Waals surface area contributed by atoms with Crippen LogP contribution in [-0.2, 0) is 4.74 Å². The Hall–Kier alpha value is -2.65. The van der Waals surface area contributed by atoms with E-state index in [1.165, 1.54) is 18.5 Å². The molecule has 26 heavy (non-hydrogen) atoms. The summed E-state index contributed by atoms with van der Waals surface area (Å²) in [6.45, 7) is 4.36. The van der Waals surface area contributed by atoms with Crippen molar-refractivity contribution >= 4 is 17.5 Å². The van der Waals surface area contributed by atoms with E-state index in [1.54, 1.807) is 0 Å². The maximum Gasteiger partial charge on any atom is 0.254 e. The maximum atomic E-state index is 13.6. The quantitative estimate of drug-likeness (QED) is 0.811. The Kier molecular flexibility index (Phi) is 6.03. The molecule has 0 saturated carbocycles. The third kappa shape index (κ3) is 4.70. The average Bonchev–Trinajstić information content (AvgIpc) is 2.66. The highest BCUT2D eigenvalue weighted by molar-refractivity contribution is 5.93. The first-order valence-electron chi connectivity index (χ1n) is 8.25. The third-order valence-corrected chi connectivity index (χ3v) is 3.93. The first-order valence-corrected chi connectivity index (χ1v) is 8.25. The molecule has 0 spiro atoms. The van der Waals surface area contributed by atoms with Crippen LogP contribution in [0.25, 0.3) is 0 Å². The van der Waals surface area contributed by atoms with Gasteiger partial charge < -0.3 is 15.4 Å². The van der Waals surface area contributed by atoms with Gasteiger partial charge in [0.1, 0.15) is 17.3 Å². The van der Waals surface area contributed by atoms with Crippen molar-refractivity contribution in [3.8, 4) is 0 Å². The van der Waals surface area contributed by atoms with Crippen LogP contribution >= 0.6 is 0 Å². The van der Waals surface area contributed by atoms with Crippen LogP contribution in [-0.4, -0.2) is 60.2 Å². The minimum Gasteiger partial charge on any atom is -0.379 e. The van der Waals surface area contributed by atoms with E-state index >= 15 is 0 Å². The molecule has 1 aromatic heterocycles. The molecule has 0 bridgehead atoms. The molecule has 3 rings (SSSR count). The molecule has 0 radical (unpaired) electrons. The predicted molar refractivity (Wildman–Crippen MR) is 91.3 cm³/mol. The molecular weight excluding hydrogens is 344 g/mol. The zero-order valence-corrected chi connectivity index (χ0v) is 14.0. The predicted octanol–water partition coefficient (Wildman–Crippen LogP) is 1.56. The number of aromatic nitrogens is 2. The van der Waals surface area contributed by atoms with Crippen LogP contribution in [0.1, 0.15) is 10.4 Å². The number of hydrogen-bond acceptors (Lipinski definition) is 6. The fourth-order valence-electron chi connectivity index (χ4n) is 2.49. The molecule has 1 amide bonds. The van der Waals surface area contributed by atoms with Gasteiger partial charge in [0.15, 0.2) is 0 Å². The number of carbonyl (C=O) groups excluding carboxylic acids is 1. The number of hydrogen-bond donors (Lipinski definition) is 2. The molecule has 0 atom stereocenters. The summed E-state index contributed by atoms with van der Waals surface area (Å²) < 4.78 is 32.5. The lowest BCUT2D eigenvalue weighted by molar-refractivity contribution is 0.0383. The number of para-hydroxylation sites is 1. The number of morpholine rings is 1. The zero-order valence-electron chi connectivity index (χ0n) is 14.0. The zero-order chi connectivity index (χ0) is 18.4. The van der Waals surface area contributed by atoms with Crippen molar-refractivity contribution in [2.24, 2.45) is 0 Å². The highest BCUT2D eigenvalue weighted by atomic mass is 19.1. The lowest BCUT2D eigenvalue weighted by Crippen LogP contribution is -2.41. The lowest BCUT2D eigenvalue weighted by atomic mass is 10.3. The van der Waals surface area contributed by atoms with Crippen LogP contribution in [0.2, 0.25) is 0 Å². The summed E-state index contributed by atoms with van der Waals surface area (Å²) in [5.74, 6) is -1.81. The molecule has 1 aromatic carbocycles. The molecule has 2 heterocycles. The van der Waals surface area contributed by atoms with Gasteiger partial charge in [-0.25, -0.2) is 18.7 Å². The molecule has 2 aromatic rings. The largest absolute Gasteiger partial charge is 0.379 e. The van der Waals surface area contributed by atoms with Crippen molar-refractivity contribution in [3.05, 3.63) is 47.8 Å². The van der Waals surface area contributed by atoms with Gasteiger partial charge in [-0.3, -0.25) is 9.69 Å². The first-order chi connectivity index (χ1) is 12.6. The van der Waals surface area contributed by atoms with Crippen molar-refractivity contribution in [1.82, 2.24) is 20.2 Å². The molecule has 1 fully saturated rings. The van der Waals surface area contributed by atoms with E-state index in [9.17, 15) is 13.6 Å². The summed E-state index contributed by atoms with van der Waals surface area (Å²) in [5.41, 5.74) is -0.0678. The highest BCUT2D eigenvalue weighted by Crippen LogP contribution is 2.20. The van der Waals surface area contributed by atoms with Crippen LogP contribution in [0, 0.1) is 11.6 Å². The van der Waals surface area contributed by atoms with Crippen LogP contribution in [0.15, 0.2) is 30.6 Å². The molecule has 9 heteroatoms. The normalized spacial score (nSPS) is 14.8. The second kappa shape index (κ2) is 8.63. The Morgan fingerprint density at radius 1 is 1.15 bits per heavy atom. The van der Waals surface area contributed by atoms with Crippen LogP contribution < -0.4 is 10.6 Å². The summed E-state index contributed by atoms with van der Waals surface area (Å²) in [5, 5.41) is 5.26. The smallest absolute Gasteiger partial charge is 0.254 e. The molecule has 7 nitrogen and oxygen atoms in total. The van der Waals surface area contributed by atoms with Crippen LogP contribution in [0.3, 0.4) is 0 Å². The van der Waals surface area contributed by atoms with E-state index in [0.29, 0.717) is 19.8 Å². The average molecular weight is 363 g/mol. The number of benzene rings is 1. The number of carbonyl (C=O) groups is 1. The summed E-state index contributed by atoms with van der Waals surface area (Å²) in [7, 11) is 0. The van der Waals surface area contributed by atoms with E-state index < -0.39 is 11.6 Å². The number of anilines is 2. The van der Waals surface area contributed by atoms with Crippen molar-refractivity contribution in [3.63, 3.8) is 0 Å². The summed E-state index contributed by atoms with van der Waals surface area (Å²) in [4.78, 5) is 22.2. The second-order valence-corrected chi connectivity index (χ2v) is 5.73. The van der Waals surface area contributed by atoms with Crippen LogP contribution in [0.5, 0.6) is 0 Å². The van der Waals surface area contributed by atoms with Crippen LogP contribution in [0.4, 0.5) is 20.4 Å². The number of nitrogens with one attached hydrogen (secondary N) is 2. The number of rotatable bonds is 6. The van der Waals surface area contributed by atoms with E-state index in [1.807, 2.05) is 0 Å². The van der Waals surface area contributed by atoms with Gasteiger partial charge in [0.25, 0.3) is 5.91 Å². The Bertz CT molecular complexity index is 731. The maximum absolute atomic E-state index is 13.6. The van der Waals surface area contributed by atoms with E-state index in [-0.39, 0.29) is 23.1 Å². The Morgan fingerprint density at radius 3 is 2.46 bits per heavy atom. The molecule has 0 aliphatic carbocycles. The Labute approximate surface area is 149 Å². The van der Waals surface area contributed by atoms with Gasteiger partial charge in [0.05, 0.1) is 18.8 Å². The fraction of sp³-hybridized carbons (Fsp3) is 0.353. The molecule has 138 valence electrons. The molecular formula is C17H19F2N5O2. The monoisotopic (exact) mass is 363 g/mol. The third-order valence-electron chi connectivity index (χ3n) is 3.93. The Morgan fingerprint density at radius 2 is 1.81 bits per heavy atom. The number of nitrogens with zero attached hydrogens (tertiary/aromatic N) is 3. The highest BCUT2D eigenvalue weighted by Gasteiger charge is 2.13. The Balaban J connectivity index is 1.52. The van der Waals surface area contributed by atoms with E-state index in [4.69, 9.17) is 4.74 Å². The van der Waals surface area contributed by atoms with Crippen molar-refractivity contribution in [1.29, 1.82) is 0 Å². The summed E-state index contributed by atoms with van der Waals surface area (Å²) in [6.07, 6.45) is 2.61.